The van der Waals surface area contributed by atoms with Crippen molar-refractivity contribution in [3.63, 3.8) is 0 Å². The number of hydrogen-bond acceptors (Lipinski definition) is 5. The van der Waals surface area contributed by atoms with Crippen molar-refractivity contribution in [1.29, 1.82) is 10.5 Å². The second-order valence-corrected chi connectivity index (χ2v) is 2.74. The van der Waals surface area contributed by atoms with Crippen molar-refractivity contribution in [3.05, 3.63) is 35.7 Å². The molecule has 0 saturated carbocycles. The van der Waals surface area contributed by atoms with Crippen LogP contribution >= 0.6 is 0 Å². The highest BCUT2D eigenvalue weighted by atomic mass is 16.5. The van der Waals surface area contributed by atoms with Gasteiger partial charge in [-0.2, -0.15) is 10.5 Å². The first-order valence-electron chi connectivity index (χ1n) is 4.33. The molecule has 0 fully saturated rings. The monoisotopic (exact) mass is 215 g/mol. The molecule has 0 radical (unpaired) electrons. The molecular weight excluding hydrogens is 206 g/mol. The van der Waals surface area contributed by atoms with Crippen LogP contribution in [0.1, 0.15) is 0 Å². The Morgan fingerprint density at radius 3 is 2.06 bits per heavy atom. The third-order valence-electron chi connectivity index (χ3n) is 1.76. The molecule has 1 aromatic carbocycles. The van der Waals surface area contributed by atoms with Crippen LogP contribution in [-0.2, 0) is 0 Å². The van der Waals surface area contributed by atoms with Gasteiger partial charge in [0, 0.05) is 0 Å². The van der Waals surface area contributed by atoms with Gasteiger partial charge in [-0.15, -0.1) is 0 Å². The zero-order valence-electron chi connectivity index (χ0n) is 8.60. The first-order valence-corrected chi connectivity index (χ1v) is 4.33. The number of nitrogens with two attached hydrogens (primary N) is 1. The normalized spacial score (nSPS) is 8.44. The molecule has 0 atom stereocenters. The van der Waals surface area contributed by atoms with Gasteiger partial charge in [-0.05, 0) is 24.3 Å². The Labute approximate surface area is 92.9 Å². The largest absolute Gasteiger partial charge is 0.497 e. The summed E-state index contributed by atoms with van der Waals surface area (Å²) >= 11 is 0. The van der Waals surface area contributed by atoms with Crippen LogP contribution in [0.2, 0.25) is 0 Å². The zero-order chi connectivity index (χ0) is 12.0. The van der Waals surface area contributed by atoms with Crippen LogP contribution in [0.3, 0.4) is 0 Å². The summed E-state index contributed by atoms with van der Waals surface area (Å²) < 4.78 is 10.1. The molecule has 0 aromatic heterocycles. The van der Waals surface area contributed by atoms with Gasteiger partial charge in [-0.25, -0.2) is 0 Å². The van der Waals surface area contributed by atoms with Gasteiger partial charge in [0.15, 0.2) is 5.57 Å². The first-order chi connectivity index (χ1) is 7.71. The highest BCUT2D eigenvalue weighted by molar-refractivity contribution is 5.39. The third kappa shape index (κ3) is 2.66. The van der Waals surface area contributed by atoms with Crippen molar-refractivity contribution in [3.8, 4) is 23.6 Å². The summed E-state index contributed by atoms with van der Waals surface area (Å²) in [7, 11) is 1.55. The third-order valence-corrected chi connectivity index (χ3v) is 1.76. The molecule has 0 saturated heterocycles. The molecule has 0 amide bonds. The van der Waals surface area contributed by atoms with Crippen molar-refractivity contribution >= 4 is 0 Å². The van der Waals surface area contributed by atoms with Crippen LogP contribution in [0.5, 0.6) is 11.5 Å². The molecule has 0 aliphatic rings. The Morgan fingerprint density at radius 2 is 1.62 bits per heavy atom. The molecule has 5 nitrogen and oxygen atoms in total. The highest BCUT2D eigenvalue weighted by Crippen LogP contribution is 2.18. The summed E-state index contributed by atoms with van der Waals surface area (Å²) in [5, 5.41) is 17.1. The molecule has 1 aromatic rings. The lowest BCUT2D eigenvalue weighted by Gasteiger charge is -2.05. The van der Waals surface area contributed by atoms with E-state index in [0.717, 1.165) is 0 Å². The number of ether oxygens (including phenoxy) is 2. The van der Waals surface area contributed by atoms with Crippen molar-refractivity contribution in [2.75, 3.05) is 7.11 Å². The average molecular weight is 215 g/mol. The Morgan fingerprint density at radius 1 is 1.12 bits per heavy atom. The van der Waals surface area contributed by atoms with Gasteiger partial charge >= 0.3 is 0 Å². The fraction of sp³-hybridized carbons (Fsp3) is 0.0909. The number of hydrogen-bond donors (Lipinski definition) is 1. The van der Waals surface area contributed by atoms with Gasteiger partial charge in [-0.3, -0.25) is 0 Å². The highest BCUT2D eigenvalue weighted by Gasteiger charge is 2.04. The van der Waals surface area contributed by atoms with E-state index in [9.17, 15) is 0 Å². The van der Waals surface area contributed by atoms with Gasteiger partial charge < -0.3 is 15.2 Å². The standard InChI is InChI=1S/C11H9N3O2/c1-15-9-2-4-10(5-3-9)16-11(14)8(6-12)7-13/h2-5H,14H2,1H3. The molecule has 16 heavy (non-hydrogen) atoms. The van der Waals surface area contributed by atoms with Gasteiger partial charge in [0.25, 0.3) is 0 Å². The van der Waals surface area contributed by atoms with Crippen LogP contribution in [-0.4, -0.2) is 7.11 Å². The topological polar surface area (TPSA) is 92.1 Å². The molecule has 0 aliphatic carbocycles. The SMILES string of the molecule is COc1ccc(OC(N)=C(C#N)C#N)cc1. The van der Waals surface area contributed by atoms with Gasteiger partial charge in [-0.1, -0.05) is 0 Å². The predicted octanol–water partition coefficient (Wildman–Crippen LogP) is 1.29. The molecule has 0 aliphatic heterocycles. The molecule has 0 spiro atoms. The summed E-state index contributed by atoms with van der Waals surface area (Å²) in [6.07, 6.45) is 0. The van der Waals surface area contributed by atoms with E-state index >= 15 is 0 Å². The molecule has 2 N–H and O–H groups in total. The lowest BCUT2D eigenvalue weighted by molar-refractivity contribution is 0.404. The minimum absolute atomic E-state index is 0.213. The number of benzene rings is 1. The summed E-state index contributed by atoms with van der Waals surface area (Å²) in [6, 6.07) is 9.89. The van der Waals surface area contributed by atoms with Gasteiger partial charge in [0.1, 0.15) is 23.6 Å². The summed E-state index contributed by atoms with van der Waals surface area (Å²) in [5.41, 5.74) is 5.17. The Hall–Kier alpha value is -2.66. The van der Waals surface area contributed by atoms with E-state index in [2.05, 4.69) is 0 Å². The van der Waals surface area contributed by atoms with Crippen LogP contribution in [0.15, 0.2) is 35.7 Å². The van der Waals surface area contributed by atoms with Crippen LogP contribution in [0, 0.1) is 22.7 Å². The van der Waals surface area contributed by atoms with Crippen LogP contribution in [0.4, 0.5) is 0 Å². The molecule has 0 bridgehead atoms. The van der Waals surface area contributed by atoms with E-state index < -0.39 is 0 Å². The molecule has 0 unspecified atom stereocenters. The first kappa shape index (κ1) is 11.4. The fourth-order valence-electron chi connectivity index (χ4n) is 0.957. The number of allylic oxidation sites excluding steroid dienone is 1. The number of rotatable bonds is 3. The minimum atomic E-state index is -0.254. The summed E-state index contributed by atoms with van der Waals surface area (Å²) in [5.74, 6) is 0.896. The van der Waals surface area contributed by atoms with Gasteiger partial charge in [0.2, 0.25) is 5.88 Å². The quantitative estimate of drug-likeness (QED) is 0.605. The number of nitrogens with zero attached hydrogens (tertiary/aromatic N) is 2. The smallest absolute Gasteiger partial charge is 0.219 e. The zero-order valence-corrected chi connectivity index (χ0v) is 8.60. The van der Waals surface area contributed by atoms with E-state index in [1.807, 2.05) is 0 Å². The minimum Gasteiger partial charge on any atom is -0.497 e. The Balaban J connectivity index is 2.86. The van der Waals surface area contributed by atoms with Crippen LogP contribution in [0.25, 0.3) is 0 Å². The van der Waals surface area contributed by atoms with E-state index in [-0.39, 0.29) is 11.5 Å². The van der Waals surface area contributed by atoms with Crippen LogP contribution < -0.4 is 15.2 Å². The van der Waals surface area contributed by atoms with E-state index in [0.29, 0.717) is 11.5 Å². The molecule has 1 rings (SSSR count). The lowest BCUT2D eigenvalue weighted by Crippen LogP contribution is -2.08. The molecule has 5 heteroatoms. The number of methoxy groups -OCH3 is 1. The lowest BCUT2D eigenvalue weighted by atomic mass is 10.3. The fourth-order valence-corrected chi connectivity index (χ4v) is 0.957. The number of nitriles is 2. The maximum atomic E-state index is 8.55. The van der Waals surface area contributed by atoms with Crippen molar-refractivity contribution < 1.29 is 9.47 Å². The molecule has 80 valence electrons. The van der Waals surface area contributed by atoms with Crippen molar-refractivity contribution in [1.82, 2.24) is 0 Å². The Kier molecular flexibility index (Phi) is 3.77. The van der Waals surface area contributed by atoms with Crippen molar-refractivity contribution in [2.45, 2.75) is 0 Å². The maximum absolute atomic E-state index is 8.55. The second kappa shape index (κ2) is 5.28. The van der Waals surface area contributed by atoms with E-state index in [1.165, 1.54) is 0 Å². The molecule has 0 heterocycles. The molecular formula is C11H9N3O2. The second-order valence-electron chi connectivity index (χ2n) is 2.74. The summed E-state index contributed by atoms with van der Waals surface area (Å²) in [4.78, 5) is 0. The van der Waals surface area contributed by atoms with E-state index in [4.69, 9.17) is 25.7 Å². The predicted molar refractivity (Wildman–Crippen MR) is 56.1 cm³/mol. The Bertz CT molecular complexity index is 461. The maximum Gasteiger partial charge on any atom is 0.219 e. The summed E-state index contributed by atoms with van der Waals surface area (Å²) in [6.45, 7) is 0. The van der Waals surface area contributed by atoms with E-state index in [1.54, 1.807) is 43.5 Å². The van der Waals surface area contributed by atoms with Gasteiger partial charge in [0.05, 0.1) is 7.11 Å². The van der Waals surface area contributed by atoms with Crippen molar-refractivity contribution in [2.24, 2.45) is 5.73 Å². The average Bonchev–Trinajstić information content (AvgIpc) is 2.31.